The molecule has 34 heavy (non-hydrogen) atoms. The molecule has 0 N–H and O–H groups in total. The molecule has 0 heterocycles. The Labute approximate surface area is 207 Å². The number of Topliss-reactive ketones (excluding diaryl/α,β-unsaturated/α-hetero) is 1. The molecular weight excluding hydrogens is 451 g/mol. The van der Waals surface area contributed by atoms with Crippen molar-refractivity contribution in [3.05, 3.63) is 23.8 Å². The highest BCUT2D eigenvalue weighted by molar-refractivity contribution is 7.00. The second-order valence-electron chi connectivity index (χ2n) is 8.92. The Morgan fingerprint density at radius 1 is 0.882 bits per heavy atom. The minimum Gasteiger partial charge on any atom is -0.496 e. The molecule has 0 saturated heterocycles. The summed E-state index contributed by atoms with van der Waals surface area (Å²) in [6, 6.07) is 5.25. The van der Waals surface area contributed by atoms with E-state index in [0.717, 1.165) is 44.9 Å². The van der Waals surface area contributed by atoms with Gasteiger partial charge in [0.1, 0.15) is 23.0 Å². The minimum atomic E-state index is -0.797. The van der Waals surface area contributed by atoms with E-state index in [1.54, 1.807) is 18.2 Å². The highest BCUT2D eigenvalue weighted by Crippen LogP contribution is 2.37. The molecule has 0 amide bonds. The summed E-state index contributed by atoms with van der Waals surface area (Å²) >= 11 is 0. The number of hydrogen-bond acceptors (Lipinski definition) is 6. The number of carbonyl (C=O) groups excluding carboxylic acids is 2. The smallest absolute Gasteiger partial charge is 0.317 e. The Balaban J connectivity index is 0.00000281. The van der Waals surface area contributed by atoms with Crippen molar-refractivity contribution in [3.8, 4) is 11.5 Å². The van der Waals surface area contributed by atoms with Crippen molar-refractivity contribution in [2.24, 2.45) is 11.8 Å². The summed E-state index contributed by atoms with van der Waals surface area (Å²) in [5.41, 5.74) is 0.345. The van der Waals surface area contributed by atoms with Gasteiger partial charge in [-0.05, 0) is 37.3 Å². The average Bonchev–Trinajstić information content (AvgIpc) is 2.89. The van der Waals surface area contributed by atoms with Crippen LogP contribution in [0.4, 0.5) is 0 Å². The van der Waals surface area contributed by atoms with Crippen LogP contribution in [0.5, 0.6) is 11.5 Å². The van der Waals surface area contributed by atoms with Gasteiger partial charge in [0.25, 0.3) is 0 Å². The maximum Gasteiger partial charge on any atom is 0.317 e. The summed E-state index contributed by atoms with van der Waals surface area (Å²) in [6.07, 6.45) is 14.5. The number of hydrogen-bond donors (Lipinski definition) is 0. The summed E-state index contributed by atoms with van der Waals surface area (Å²) in [6.45, 7) is 2.61. The van der Waals surface area contributed by atoms with Gasteiger partial charge in [0.2, 0.25) is 0 Å². The number of rotatable bonds is 15. The summed E-state index contributed by atoms with van der Waals surface area (Å²) in [5.74, 6) is -0.548. The SMILES string of the molecule is CCCCCCCCCCOC(=O)C(C(=O)c1c(OC)cccc1OC)C1CCCCC1.O=[PH2+]. The fourth-order valence-electron chi connectivity index (χ4n) is 4.73. The Morgan fingerprint density at radius 2 is 1.41 bits per heavy atom. The van der Waals surface area contributed by atoms with E-state index in [1.165, 1.54) is 61.9 Å². The molecule has 0 spiro atoms. The van der Waals surface area contributed by atoms with Gasteiger partial charge in [-0.15, -0.1) is 0 Å². The zero-order valence-electron chi connectivity index (χ0n) is 21.3. The maximum atomic E-state index is 13.6. The van der Waals surface area contributed by atoms with Gasteiger partial charge in [0.05, 0.1) is 20.8 Å². The van der Waals surface area contributed by atoms with Crippen molar-refractivity contribution < 1.29 is 28.4 Å². The van der Waals surface area contributed by atoms with Crippen molar-refractivity contribution in [1.29, 1.82) is 0 Å². The molecule has 6 nitrogen and oxygen atoms in total. The molecule has 2 atom stereocenters. The topological polar surface area (TPSA) is 78.9 Å². The molecule has 0 aliphatic heterocycles. The summed E-state index contributed by atoms with van der Waals surface area (Å²) in [4.78, 5) is 26.8. The average molecular weight is 496 g/mol. The van der Waals surface area contributed by atoms with Crippen LogP contribution in [-0.4, -0.2) is 32.6 Å². The normalized spacial score (nSPS) is 14.4. The molecule has 2 rings (SSSR count). The quantitative estimate of drug-likeness (QED) is 0.0859. The first-order valence-electron chi connectivity index (χ1n) is 12.8. The first-order valence-corrected chi connectivity index (χ1v) is 13.3. The first kappa shape index (κ1) is 30.1. The Hall–Kier alpha value is -1.94. The molecule has 192 valence electrons. The standard InChI is InChI=1S/C27H42O5.H2OP/c1-4-5-6-7-8-9-10-14-20-32-27(29)24(21-16-12-11-13-17-21)26(28)25-22(30-2)18-15-19-23(25)31-3;1-2/h15,18-19,21,24H,4-14,16-17,20H2,1-3H3;2H2/q;+1. The van der Waals surface area contributed by atoms with Crippen LogP contribution in [0.1, 0.15) is 101 Å². The van der Waals surface area contributed by atoms with Gasteiger partial charge < -0.3 is 14.2 Å². The maximum absolute atomic E-state index is 13.6. The van der Waals surface area contributed by atoms with E-state index in [-0.39, 0.29) is 11.7 Å². The number of esters is 1. The third-order valence-corrected chi connectivity index (χ3v) is 6.57. The molecule has 0 radical (unpaired) electrons. The predicted molar refractivity (Wildman–Crippen MR) is 138 cm³/mol. The van der Waals surface area contributed by atoms with Crippen molar-refractivity contribution in [1.82, 2.24) is 0 Å². The molecular formula is C27H44O6P+. The van der Waals surface area contributed by atoms with Crippen LogP contribution in [0.3, 0.4) is 0 Å². The molecule has 0 bridgehead atoms. The lowest BCUT2D eigenvalue weighted by molar-refractivity contribution is -0.149. The number of ether oxygens (including phenoxy) is 3. The van der Waals surface area contributed by atoms with E-state index in [9.17, 15) is 9.59 Å². The third kappa shape index (κ3) is 9.74. The van der Waals surface area contributed by atoms with E-state index < -0.39 is 11.9 Å². The van der Waals surface area contributed by atoms with E-state index in [4.69, 9.17) is 18.8 Å². The fraction of sp³-hybridized carbons (Fsp3) is 0.704. The van der Waals surface area contributed by atoms with E-state index in [0.29, 0.717) is 23.7 Å². The predicted octanol–water partition coefficient (Wildman–Crippen LogP) is 6.97. The van der Waals surface area contributed by atoms with Crippen LogP contribution in [0.25, 0.3) is 0 Å². The van der Waals surface area contributed by atoms with Crippen LogP contribution >= 0.6 is 9.12 Å². The molecule has 1 fully saturated rings. The van der Waals surface area contributed by atoms with Gasteiger partial charge in [-0.3, -0.25) is 9.59 Å². The van der Waals surface area contributed by atoms with E-state index in [2.05, 4.69) is 6.92 Å². The Bertz CT molecular complexity index is 695. The van der Waals surface area contributed by atoms with Crippen LogP contribution in [0.15, 0.2) is 18.2 Å². The number of carbonyl (C=O) groups is 2. The summed E-state index contributed by atoms with van der Waals surface area (Å²) < 4.78 is 24.7. The number of methoxy groups -OCH3 is 2. The van der Waals surface area contributed by atoms with E-state index >= 15 is 0 Å². The monoisotopic (exact) mass is 495 g/mol. The lowest BCUT2D eigenvalue weighted by atomic mass is 9.76. The molecule has 0 aromatic heterocycles. The highest BCUT2D eigenvalue weighted by atomic mass is 31.0. The van der Waals surface area contributed by atoms with E-state index in [1.807, 2.05) is 0 Å². The van der Waals surface area contributed by atoms with Gasteiger partial charge in [0.15, 0.2) is 5.78 Å². The second kappa shape index (κ2) is 18.4. The van der Waals surface area contributed by atoms with Crippen molar-refractivity contribution in [2.75, 3.05) is 20.8 Å². The number of benzene rings is 1. The largest absolute Gasteiger partial charge is 0.496 e. The van der Waals surface area contributed by atoms with Gasteiger partial charge in [-0.25, -0.2) is 0 Å². The zero-order chi connectivity index (χ0) is 25.2. The Morgan fingerprint density at radius 3 is 1.94 bits per heavy atom. The van der Waals surface area contributed by atoms with Crippen molar-refractivity contribution in [2.45, 2.75) is 90.4 Å². The Kier molecular flexibility index (Phi) is 16.3. The van der Waals surface area contributed by atoms with Gasteiger partial charge in [0, 0.05) is 0 Å². The number of ketones is 1. The van der Waals surface area contributed by atoms with Crippen LogP contribution in [0, 0.1) is 11.8 Å². The summed E-state index contributed by atoms with van der Waals surface area (Å²) in [5, 5.41) is 0. The first-order chi connectivity index (χ1) is 16.6. The molecule has 1 aromatic rings. The lowest BCUT2D eigenvalue weighted by Gasteiger charge is -2.28. The number of unbranched alkanes of at least 4 members (excludes halogenated alkanes) is 7. The molecule has 1 aliphatic rings. The molecule has 7 heteroatoms. The molecule has 1 aromatic carbocycles. The van der Waals surface area contributed by atoms with Crippen molar-refractivity contribution in [3.63, 3.8) is 0 Å². The lowest BCUT2D eigenvalue weighted by Crippen LogP contribution is -2.35. The molecule has 1 saturated carbocycles. The highest BCUT2D eigenvalue weighted by Gasteiger charge is 2.39. The minimum absolute atomic E-state index is 0.0111. The molecule has 2 unspecified atom stereocenters. The van der Waals surface area contributed by atoms with Gasteiger partial charge >= 0.3 is 15.1 Å². The summed E-state index contributed by atoms with van der Waals surface area (Å²) in [7, 11) is 4.23. The second-order valence-corrected chi connectivity index (χ2v) is 8.92. The van der Waals surface area contributed by atoms with Crippen LogP contribution in [0.2, 0.25) is 0 Å². The molecule has 1 aliphatic carbocycles. The van der Waals surface area contributed by atoms with Crippen LogP contribution in [-0.2, 0) is 14.1 Å². The van der Waals surface area contributed by atoms with Crippen molar-refractivity contribution >= 4 is 20.9 Å². The third-order valence-electron chi connectivity index (χ3n) is 6.57. The van der Waals surface area contributed by atoms with Gasteiger partial charge in [-0.1, -0.05) is 81.8 Å². The van der Waals surface area contributed by atoms with Gasteiger partial charge in [-0.2, -0.15) is 0 Å². The van der Waals surface area contributed by atoms with Crippen LogP contribution < -0.4 is 9.47 Å². The zero-order valence-corrected chi connectivity index (χ0v) is 22.5. The fourth-order valence-corrected chi connectivity index (χ4v) is 4.73.